The van der Waals surface area contributed by atoms with Crippen molar-refractivity contribution >= 4 is 31.4 Å². The van der Waals surface area contributed by atoms with E-state index in [1.54, 1.807) is 17.0 Å². The monoisotopic (exact) mass is 466 g/mol. The number of hydrogen-bond donors (Lipinski definition) is 1. The van der Waals surface area contributed by atoms with Crippen LogP contribution in [-0.2, 0) is 22.7 Å². The van der Waals surface area contributed by atoms with E-state index < -0.39 is 8.07 Å². The first-order chi connectivity index (χ1) is 15.7. The minimum Gasteiger partial charge on any atom is -0.437 e. The van der Waals surface area contributed by atoms with E-state index in [9.17, 15) is 9.59 Å². The van der Waals surface area contributed by atoms with Gasteiger partial charge in [0.15, 0.2) is 11.9 Å². The Morgan fingerprint density at radius 2 is 2.15 bits per heavy atom. The number of carbonyl (C=O) groups is 2. The summed E-state index contributed by atoms with van der Waals surface area (Å²) in [5.74, 6) is 0.865. The Morgan fingerprint density at radius 3 is 2.88 bits per heavy atom. The summed E-state index contributed by atoms with van der Waals surface area (Å²) < 4.78 is 13.6. The quantitative estimate of drug-likeness (QED) is 0.284. The number of benzene rings is 1. The molecule has 33 heavy (non-hydrogen) atoms. The molecule has 0 saturated carbocycles. The number of aromatic nitrogens is 3. The maximum Gasteiger partial charge on any atom is 0.238 e. The lowest BCUT2D eigenvalue weighted by molar-refractivity contribution is -0.119. The smallest absolute Gasteiger partial charge is 0.238 e. The molecular formula is C24H30N4O4Si. The van der Waals surface area contributed by atoms with Gasteiger partial charge >= 0.3 is 0 Å². The summed E-state index contributed by atoms with van der Waals surface area (Å²) in [6.45, 7) is 9.44. The second kappa shape index (κ2) is 9.44. The van der Waals surface area contributed by atoms with E-state index in [0.29, 0.717) is 41.7 Å². The normalized spacial score (nSPS) is 15.5. The molecule has 2 aromatic heterocycles. The molecule has 2 heterocycles. The van der Waals surface area contributed by atoms with Crippen molar-refractivity contribution in [2.75, 3.05) is 6.61 Å². The fraction of sp³-hybridized carbons (Fsp3) is 0.417. The second-order valence-corrected chi connectivity index (χ2v) is 15.3. The molecule has 1 amide bonds. The summed E-state index contributed by atoms with van der Waals surface area (Å²) in [7, 11) is -1.17. The summed E-state index contributed by atoms with van der Waals surface area (Å²) in [6.07, 6.45) is 5.83. The van der Waals surface area contributed by atoms with Crippen LogP contribution in [0.2, 0.25) is 25.7 Å². The van der Waals surface area contributed by atoms with Gasteiger partial charge in [-0.05, 0) is 42.1 Å². The lowest BCUT2D eigenvalue weighted by Crippen LogP contribution is -2.24. The molecule has 1 atom stereocenters. The third-order valence-corrected chi connectivity index (χ3v) is 7.42. The number of nitrogens with zero attached hydrogens (tertiary/aromatic N) is 3. The van der Waals surface area contributed by atoms with E-state index in [-0.39, 0.29) is 11.9 Å². The van der Waals surface area contributed by atoms with Crippen LogP contribution >= 0.6 is 0 Å². The van der Waals surface area contributed by atoms with Crippen LogP contribution in [-0.4, -0.2) is 41.4 Å². The van der Waals surface area contributed by atoms with Crippen LogP contribution in [0.1, 0.15) is 40.9 Å². The van der Waals surface area contributed by atoms with Crippen LogP contribution in [0.5, 0.6) is 11.6 Å². The van der Waals surface area contributed by atoms with Crippen molar-refractivity contribution < 1.29 is 19.1 Å². The first kappa shape index (κ1) is 23.1. The number of ether oxygens (including phenoxy) is 2. The maximum absolute atomic E-state index is 11.6. The lowest BCUT2D eigenvalue weighted by Gasteiger charge is -2.15. The van der Waals surface area contributed by atoms with Gasteiger partial charge in [-0.1, -0.05) is 25.7 Å². The van der Waals surface area contributed by atoms with Gasteiger partial charge in [-0.15, -0.1) is 0 Å². The fourth-order valence-electron chi connectivity index (χ4n) is 4.00. The van der Waals surface area contributed by atoms with E-state index in [1.165, 1.54) is 12.5 Å². The van der Waals surface area contributed by atoms with Gasteiger partial charge in [-0.2, -0.15) is 0 Å². The number of hydrogen-bond acceptors (Lipinski definition) is 6. The van der Waals surface area contributed by atoms with Gasteiger partial charge in [0.05, 0.1) is 17.8 Å². The molecule has 0 unspecified atom stereocenters. The van der Waals surface area contributed by atoms with Crippen LogP contribution in [0.3, 0.4) is 0 Å². The van der Waals surface area contributed by atoms with Crippen molar-refractivity contribution in [2.45, 2.75) is 58.2 Å². The van der Waals surface area contributed by atoms with E-state index >= 15 is 0 Å². The zero-order valence-corrected chi connectivity index (χ0v) is 20.6. The minimum absolute atomic E-state index is 0.00809. The summed E-state index contributed by atoms with van der Waals surface area (Å²) in [6, 6.07) is 6.90. The fourth-order valence-corrected chi connectivity index (χ4v) is 4.75. The molecule has 174 valence electrons. The SMILES string of the molecule is CC(=O)N[C@@H]1CCc2ccc(Oc3cnc4c(n3)c(C=O)cn4COCC[Si](C)(C)C)cc21. The van der Waals surface area contributed by atoms with Gasteiger partial charge in [-0.25, -0.2) is 9.97 Å². The van der Waals surface area contributed by atoms with Crippen molar-refractivity contribution in [2.24, 2.45) is 0 Å². The van der Waals surface area contributed by atoms with Crippen molar-refractivity contribution in [1.29, 1.82) is 0 Å². The number of amides is 1. The molecule has 0 radical (unpaired) electrons. The molecule has 0 spiro atoms. The molecule has 0 fully saturated rings. The van der Waals surface area contributed by atoms with E-state index in [4.69, 9.17) is 9.47 Å². The highest BCUT2D eigenvalue weighted by molar-refractivity contribution is 6.76. The molecule has 9 heteroatoms. The third kappa shape index (κ3) is 5.48. The summed E-state index contributed by atoms with van der Waals surface area (Å²) in [4.78, 5) is 32.1. The van der Waals surface area contributed by atoms with Crippen molar-refractivity contribution in [3.63, 3.8) is 0 Å². The first-order valence-electron chi connectivity index (χ1n) is 11.2. The molecule has 1 N–H and O–H groups in total. The minimum atomic E-state index is -1.17. The highest BCUT2D eigenvalue weighted by atomic mass is 28.3. The third-order valence-electron chi connectivity index (χ3n) is 5.72. The topological polar surface area (TPSA) is 95.3 Å². The largest absolute Gasteiger partial charge is 0.437 e. The molecule has 0 aliphatic heterocycles. The Hall–Kier alpha value is -3.04. The number of aldehydes is 1. The molecule has 1 aliphatic rings. The van der Waals surface area contributed by atoms with Gasteiger partial charge in [0.25, 0.3) is 0 Å². The van der Waals surface area contributed by atoms with Crippen LogP contribution in [0.4, 0.5) is 0 Å². The number of aryl methyl sites for hydroxylation is 1. The average molecular weight is 467 g/mol. The van der Waals surface area contributed by atoms with Gasteiger partial charge < -0.3 is 19.4 Å². The molecule has 0 saturated heterocycles. The maximum atomic E-state index is 11.6. The summed E-state index contributed by atoms with van der Waals surface area (Å²) in [5.41, 5.74) is 3.77. The highest BCUT2D eigenvalue weighted by Gasteiger charge is 2.24. The van der Waals surface area contributed by atoms with Gasteiger partial charge in [0, 0.05) is 27.8 Å². The molecule has 3 aromatic rings. The van der Waals surface area contributed by atoms with Crippen molar-refractivity contribution in [1.82, 2.24) is 19.9 Å². The highest BCUT2D eigenvalue weighted by Crippen LogP contribution is 2.35. The average Bonchev–Trinajstić information content (AvgIpc) is 3.31. The molecule has 0 bridgehead atoms. The van der Waals surface area contributed by atoms with Gasteiger partial charge in [-0.3, -0.25) is 9.59 Å². The zero-order valence-electron chi connectivity index (χ0n) is 19.6. The van der Waals surface area contributed by atoms with E-state index in [0.717, 1.165) is 30.7 Å². The number of fused-ring (bicyclic) bond motifs is 2. The Kier molecular flexibility index (Phi) is 6.62. The Morgan fingerprint density at radius 1 is 1.33 bits per heavy atom. The van der Waals surface area contributed by atoms with Crippen LogP contribution in [0.25, 0.3) is 11.2 Å². The Balaban J connectivity index is 1.52. The molecule has 4 rings (SSSR count). The zero-order chi connectivity index (χ0) is 23.6. The van der Waals surface area contributed by atoms with Gasteiger partial charge in [0.2, 0.25) is 11.8 Å². The van der Waals surface area contributed by atoms with Crippen LogP contribution in [0.15, 0.2) is 30.6 Å². The summed E-state index contributed by atoms with van der Waals surface area (Å²) >= 11 is 0. The Labute approximate surface area is 194 Å². The number of rotatable bonds is 9. The second-order valence-electron chi connectivity index (χ2n) is 9.66. The van der Waals surface area contributed by atoms with Crippen molar-refractivity contribution in [3.05, 3.63) is 47.3 Å². The van der Waals surface area contributed by atoms with Crippen molar-refractivity contribution in [3.8, 4) is 11.6 Å². The predicted octanol–water partition coefficient (Wildman–Crippen LogP) is 4.47. The predicted molar refractivity (Wildman–Crippen MR) is 128 cm³/mol. The number of nitrogens with one attached hydrogen (secondary N) is 1. The molecule has 8 nitrogen and oxygen atoms in total. The lowest BCUT2D eigenvalue weighted by atomic mass is 10.1. The molecular weight excluding hydrogens is 436 g/mol. The first-order valence-corrected chi connectivity index (χ1v) is 14.9. The van der Waals surface area contributed by atoms with Crippen LogP contribution < -0.4 is 10.1 Å². The van der Waals surface area contributed by atoms with Gasteiger partial charge in [0.1, 0.15) is 18.0 Å². The van der Waals surface area contributed by atoms with E-state index in [1.807, 2.05) is 18.2 Å². The standard InChI is InChI=1S/C24H30N4O4Si/c1-16(30)26-21-8-6-17-5-7-19(11-20(17)21)32-22-12-25-24-23(27-22)18(14-29)13-28(24)15-31-9-10-33(2,3)4/h5,7,11-14,21H,6,8-10,15H2,1-4H3,(H,26,30)/t21-/m1/s1. The van der Waals surface area contributed by atoms with E-state index in [2.05, 4.69) is 34.9 Å². The Bertz CT molecular complexity index is 1190. The van der Waals surface area contributed by atoms with Crippen LogP contribution in [0, 0.1) is 0 Å². The molecule has 1 aromatic carbocycles. The summed E-state index contributed by atoms with van der Waals surface area (Å²) in [5, 5.41) is 2.99. The molecule has 1 aliphatic carbocycles. The number of carbonyl (C=O) groups excluding carboxylic acids is 2.